The Balaban J connectivity index is 1.47. The van der Waals surface area contributed by atoms with E-state index in [2.05, 4.69) is 30.6 Å². The van der Waals surface area contributed by atoms with Gasteiger partial charge >= 0.3 is 6.03 Å². The highest BCUT2D eigenvalue weighted by molar-refractivity contribution is 5.89. The lowest BCUT2D eigenvalue weighted by Crippen LogP contribution is -2.41. The molecule has 1 unspecified atom stereocenters. The van der Waals surface area contributed by atoms with Crippen molar-refractivity contribution in [3.05, 3.63) is 48.9 Å². The van der Waals surface area contributed by atoms with Gasteiger partial charge in [0.1, 0.15) is 12.2 Å². The number of carbonyl (C=O) groups excluding carboxylic acids is 1. The minimum Gasteiger partial charge on any atom is -0.314 e. The quantitative estimate of drug-likeness (QED) is 0.761. The van der Waals surface area contributed by atoms with Crippen LogP contribution in [0.15, 0.2) is 43.1 Å². The molecular weight excluding hydrogens is 320 g/mol. The van der Waals surface area contributed by atoms with Crippen LogP contribution in [-0.4, -0.2) is 47.4 Å². The summed E-state index contributed by atoms with van der Waals surface area (Å²) in [5, 5.41) is 13.8. The van der Waals surface area contributed by atoms with Crippen LogP contribution in [0.3, 0.4) is 0 Å². The van der Waals surface area contributed by atoms with Gasteiger partial charge in [-0.25, -0.2) is 19.4 Å². The first-order chi connectivity index (χ1) is 12.3. The number of hydrogen-bond donors (Lipinski definition) is 2. The van der Waals surface area contributed by atoms with E-state index in [0.717, 1.165) is 25.1 Å². The second-order valence-electron chi connectivity index (χ2n) is 5.86. The molecule has 0 saturated carbocycles. The summed E-state index contributed by atoms with van der Waals surface area (Å²) in [7, 11) is 0. The van der Waals surface area contributed by atoms with Gasteiger partial charge in [0.05, 0.1) is 17.9 Å². The average molecular weight is 338 g/mol. The van der Waals surface area contributed by atoms with E-state index < -0.39 is 0 Å². The van der Waals surface area contributed by atoms with E-state index in [9.17, 15) is 4.79 Å². The molecule has 9 heteroatoms. The van der Waals surface area contributed by atoms with Gasteiger partial charge < -0.3 is 10.2 Å². The monoisotopic (exact) mass is 338 g/mol. The summed E-state index contributed by atoms with van der Waals surface area (Å²) in [5.41, 5.74) is 0.641. The van der Waals surface area contributed by atoms with Gasteiger partial charge in [-0.15, -0.1) is 0 Å². The fraction of sp³-hybridized carbons (Fsp3) is 0.312. The zero-order valence-corrected chi connectivity index (χ0v) is 13.5. The third-order valence-corrected chi connectivity index (χ3v) is 4.25. The van der Waals surface area contributed by atoms with Crippen molar-refractivity contribution in [2.45, 2.75) is 25.3 Å². The molecule has 1 saturated heterocycles. The second kappa shape index (κ2) is 6.71. The molecule has 0 radical (unpaired) electrons. The Hall–Kier alpha value is -3.23. The maximum absolute atomic E-state index is 12.7. The molecule has 4 heterocycles. The average Bonchev–Trinajstić information content (AvgIpc) is 3.36. The van der Waals surface area contributed by atoms with Crippen LogP contribution in [0.5, 0.6) is 0 Å². The molecular formula is C16H18N8O. The smallest absolute Gasteiger partial charge is 0.314 e. The Kier molecular flexibility index (Phi) is 4.11. The van der Waals surface area contributed by atoms with Crippen molar-refractivity contribution in [3.8, 4) is 5.82 Å². The standard InChI is InChI=1S/C16H18N8O/c25-16(23-8-2-1-4-13(23)15-18-11-19-22-15)21-12-5-6-14(17-10-12)24-9-3-7-20-24/h3,5-7,9-11,13H,1-2,4,8H2,(H,21,25)(H,18,19,22). The molecule has 0 bridgehead atoms. The number of carbonyl (C=O) groups is 1. The van der Waals surface area contributed by atoms with Crippen LogP contribution in [-0.2, 0) is 0 Å². The molecule has 3 aromatic rings. The van der Waals surface area contributed by atoms with E-state index >= 15 is 0 Å². The molecule has 2 N–H and O–H groups in total. The minimum atomic E-state index is -0.158. The number of amides is 2. The Morgan fingerprint density at radius 2 is 2.24 bits per heavy atom. The van der Waals surface area contributed by atoms with Crippen molar-refractivity contribution in [2.75, 3.05) is 11.9 Å². The van der Waals surface area contributed by atoms with Crippen molar-refractivity contribution < 1.29 is 4.79 Å². The first kappa shape index (κ1) is 15.3. The maximum atomic E-state index is 12.7. The van der Waals surface area contributed by atoms with Crippen LogP contribution in [0.2, 0.25) is 0 Å². The van der Waals surface area contributed by atoms with Gasteiger partial charge in [-0.1, -0.05) is 0 Å². The van der Waals surface area contributed by atoms with Crippen LogP contribution < -0.4 is 5.32 Å². The molecule has 128 valence electrons. The van der Waals surface area contributed by atoms with Crippen LogP contribution in [0, 0.1) is 0 Å². The Bertz CT molecular complexity index is 812. The first-order valence-corrected chi connectivity index (χ1v) is 8.20. The van der Waals surface area contributed by atoms with Crippen LogP contribution in [0.25, 0.3) is 5.82 Å². The summed E-state index contributed by atoms with van der Waals surface area (Å²) in [4.78, 5) is 23.0. The van der Waals surface area contributed by atoms with E-state index in [-0.39, 0.29) is 12.1 Å². The van der Waals surface area contributed by atoms with Crippen molar-refractivity contribution in [1.82, 2.24) is 34.8 Å². The largest absolute Gasteiger partial charge is 0.322 e. The highest BCUT2D eigenvalue weighted by Gasteiger charge is 2.30. The summed E-state index contributed by atoms with van der Waals surface area (Å²) >= 11 is 0. The number of nitrogens with zero attached hydrogens (tertiary/aromatic N) is 6. The molecule has 1 atom stereocenters. The van der Waals surface area contributed by atoms with Crippen LogP contribution in [0.1, 0.15) is 31.1 Å². The summed E-state index contributed by atoms with van der Waals surface area (Å²) in [6, 6.07) is 5.22. The van der Waals surface area contributed by atoms with Crippen molar-refractivity contribution in [2.24, 2.45) is 0 Å². The number of likely N-dealkylation sites (tertiary alicyclic amines) is 1. The lowest BCUT2D eigenvalue weighted by Gasteiger charge is -2.34. The van der Waals surface area contributed by atoms with Crippen molar-refractivity contribution >= 4 is 11.7 Å². The molecule has 0 aromatic carbocycles. The number of rotatable bonds is 3. The molecule has 25 heavy (non-hydrogen) atoms. The number of pyridine rings is 1. The van der Waals surface area contributed by atoms with E-state index in [1.807, 2.05) is 24.4 Å². The molecule has 2 amide bonds. The number of urea groups is 1. The number of aromatic nitrogens is 6. The van der Waals surface area contributed by atoms with Gasteiger partial charge in [-0.05, 0) is 37.5 Å². The summed E-state index contributed by atoms with van der Waals surface area (Å²) < 4.78 is 1.66. The van der Waals surface area contributed by atoms with E-state index in [1.54, 1.807) is 22.0 Å². The molecule has 1 aliphatic rings. The Labute approximate surface area is 144 Å². The maximum Gasteiger partial charge on any atom is 0.322 e. The number of aromatic amines is 1. The van der Waals surface area contributed by atoms with Crippen LogP contribution in [0.4, 0.5) is 10.5 Å². The van der Waals surface area contributed by atoms with Gasteiger partial charge in [0.25, 0.3) is 0 Å². The van der Waals surface area contributed by atoms with E-state index in [4.69, 9.17) is 0 Å². The van der Waals surface area contributed by atoms with Gasteiger partial charge in [0.2, 0.25) is 0 Å². The second-order valence-corrected chi connectivity index (χ2v) is 5.86. The number of hydrogen-bond acceptors (Lipinski definition) is 5. The Morgan fingerprint density at radius 1 is 1.28 bits per heavy atom. The molecule has 1 fully saturated rings. The SMILES string of the molecule is O=C(Nc1ccc(-n2cccn2)nc1)N1CCCCC1c1ncn[nH]1. The molecule has 0 spiro atoms. The topological polar surface area (TPSA) is 105 Å². The zero-order valence-electron chi connectivity index (χ0n) is 13.5. The van der Waals surface area contributed by atoms with Gasteiger partial charge in [-0.2, -0.15) is 10.2 Å². The van der Waals surface area contributed by atoms with E-state index in [0.29, 0.717) is 18.1 Å². The summed E-state index contributed by atoms with van der Waals surface area (Å²) in [6.07, 6.45) is 9.52. The lowest BCUT2D eigenvalue weighted by molar-refractivity contribution is 0.159. The summed E-state index contributed by atoms with van der Waals surface area (Å²) in [5.74, 6) is 1.42. The molecule has 3 aromatic heterocycles. The predicted octanol–water partition coefficient (Wildman–Crippen LogP) is 2.14. The van der Waals surface area contributed by atoms with E-state index in [1.165, 1.54) is 6.33 Å². The molecule has 4 rings (SSSR count). The third kappa shape index (κ3) is 3.21. The van der Waals surface area contributed by atoms with Gasteiger partial charge in [-0.3, -0.25) is 5.10 Å². The fourth-order valence-electron chi connectivity index (χ4n) is 3.03. The summed E-state index contributed by atoms with van der Waals surface area (Å²) in [6.45, 7) is 0.690. The normalized spacial score (nSPS) is 17.4. The number of H-pyrrole nitrogens is 1. The predicted molar refractivity (Wildman–Crippen MR) is 90.1 cm³/mol. The minimum absolute atomic E-state index is 0.0763. The number of piperidine rings is 1. The fourth-order valence-corrected chi connectivity index (χ4v) is 3.03. The third-order valence-electron chi connectivity index (χ3n) is 4.25. The molecule has 0 aliphatic carbocycles. The lowest BCUT2D eigenvalue weighted by atomic mass is 10.0. The first-order valence-electron chi connectivity index (χ1n) is 8.20. The number of anilines is 1. The van der Waals surface area contributed by atoms with Gasteiger partial charge in [0.15, 0.2) is 5.82 Å². The highest BCUT2D eigenvalue weighted by Crippen LogP contribution is 2.29. The van der Waals surface area contributed by atoms with Crippen LogP contribution >= 0.6 is 0 Å². The Morgan fingerprint density at radius 3 is 2.96 bits per heavy atom. The molecule has 9 nitrogen and oxygen atoms in total. The highest BCUT2D eigenvalue weighted by atomic mass is 16.2. The van der Waals surface area contributed by atoms with Crippen molar-refractivity contribution in [1.29, 1.82) is 0 Å². The zero-order chi connectivity index (χ0) is 17.1. The van der Waals surface area contributed by atoms with Crippen molar-refractivity contribution in [3.63, 3.8) is 0 Å². The van der Waals surface area contributed by atoms with Gasteiger partial charge in [0, 0.05) is 18.9 Å². The molecule has 1 aliphatic heterocycles. The number of nitrogens with one attached hydrogen (secondary N) is 2.